The summed E-state index contributed by atoms with van der Waals surface area (Å²) in [6.45, 7) is 9.12. The summed E-state index contributed by atoms with van der Waals surface area (Å²) in [5.41, 5.74) is 7.57. The molecular weight excluding hydrogens is 266 g/mol. The first-order valence-corrected chi connectivity index (χ1v) is 7.44. The molecule has 21 heavy (non-hydrogen) atoms. The molecule has 0 saturated heterocycles. The van der Waals surface area contributed by atoms with Crippen LogP contribution < -0.4 is 16.4 Å². The summed E-state index contributed by atoms with van der Waals surface area (Å²) in [5.74, 6) is 0.303. The molecule has 1 aromatic carbocycles. The first-order chi connectivity index (χ1) is 9.93. The second-order valence-electron chi connectivity index (χ2n) is 5.52. The highest BCUT2D eigenvalue weighted by atomic mass is 16.5. The minimum Gasteiger partial charge on any atom is -0.380 e. The molecule has 2 atom stereocenters. The number of amides is 2. The highest BCUT2D eigenvalue weighted by Crippen LogP contribution is 2.15. The second kappa shape index (κ2) is 8.64. The van der Waals surface area contributed by atoms with Crippen LogP contribution in [0.1, 0.15) is 39.3 Å². The van der Waals surface area contributed by atoms with E-state index in [-0.39, 0.29) is 18.1 Å². The third-order valence-corrected chi connectivity index (χ3v) is 3.29. The molecule has 0 aliphatic carbocycles. The van der Waals surface area contributed by atoms with Gasteiger partial charge in [-0.15, -0.1) is 0 Å². The molecule has 4 N–H and O–H groups in total. The zero-order valence-electron chi connectivity index (χ0n) is 13.3. The van der Waals surface area contributed by atoms with Crippen molar-refractivity contribution in [3.8, 4) is 0 Å². The Bertz CT molecular complexity index is 447. The minimum absolute atomic E-state index is 0.0124. The van der Waals surface area contributed by atoms with Crippen LogP contribution in [0, 0.1) is 5.92 Å². The SMILES string of the molecule is CCOCC(NC(=O)Nc1cccc(C(C)N)c1)C(C)C. The van der Waals surface area contributed by atoms with E-state index in [4.69, 9.17) is 10.5 Å². The van der Waals surface area contributed by atoms with E-state index in [9.17, 15) is 4.79 Å². The normalized spacial score (nSPS) is 13.8. The van der Waals surface area contributed by atoms with Crippen LogP contribution in [0.2, 0.25) is 0 Å². The lowest BCUT2D eigenvalue weighted by Gasteiger charge is -2.22. The molecule has 2 amide bonds. The smallest absolute Gasteiger partial charge is 0.319 e. The number of anilines is 1. The van der Waals surface area contributed by atoms with Gasteiger partial charge in [-0.2, -0.15) is 0 Å². The van der Waals surface area contributed by atoms with E-state index >= 15 is 0 Å². The van der Waals surface area contributed by atoms with Crippen LogP contribution in [-0.2, 0) is 4.74 Å². The number of carbonyl (C=O) groups excluding carboxylic acids is 1. The van der Waals surface area contributed by atoms with Crippen LogP contribution in [-0.4, -0.2) is 25.3 Å². The Morgan fingerprint density at radius 1 is 1.33 bits per heavy atom. The van der Waals surface area contributed by atoms with Gasteiger partial charge in [0.1, 0.15) is 0 Å². The van der Waals surface area contributed by atoms with Gasteiger partial charge in [-0.1, -0.05) is 26.0 Å². The second-order valence-corrected chi connectivity index (χ2v) is 5.52. The quantitative estimate of drug-likeness (QED) is 0.723. The zero-order valence-corrected chi connectivity index (χ0v) is 13.3. The van der Waals surface area contributed by atoms with Crippen molar-refractivity contribution in [1.29, 1.82) is 0 Å². The Hall–Kier alpha value is -1.59. The topological polar surface area (TPSA) is 76.4 Å². The van der Waals surface area contributed by atoms with Gasteiger partial charge in [0.25, 0.3) is 0 Å². The molecule has 1 aromatic rings. The fourth-order valence-corrected chi connectivity index (χ4v) is 1.88. The molecule has 0 spiro atoms. The molecule has 0 aliphatic heterocycles. The Balaban J connectivity index is 2.61. The summed E-state index contributed by atoms with van der Waals surface area (Å²) in [7, 11) is 0. The standard InChI is InChI=1S/C16H27N3O2/c1-5-21-10-15(11(2)3)19-16(20)18-14-8-6-7-13(9-14)12(4)17/h6-9,11-12,15H,5,10,17H2,1-4H3,(H2,18,19,20). The van der Waals surface area contributed by atoms with Crippen molar-refractivity contribution in [2.75, 3.05) is 18.5 Å². The van der Waals surface area contributed by atoms with E-state index in [0.717, 1.165) is 11.3 Å². The van der Waals surface area contributed by atoms with Crippen LogP contribution in [0.15, 0.2) is 24.3 Å². The lowest BCUT2D eigenvalue weighted by molar-refractivity contribution is 0.111. The first-order valence-electron chi connectivity index (χ1n) is 7.44. The molecule has 0 aliphatic rings. The molecule has 0 bridgehead atoms. The lowest BCUT2D eigenvalue weighted by atomic mass is 10.1. The summed E-state index contributed by atoms with van der Waals surface area (Å²) in [6.07, 6.45) is 0. The van der Waals surface area contributed by atoms with E-state index in [1.54, 1.807) is 0 Å². The number of rotatable bonds is 7. The molecule has 118 valence electrons. The Kier molecular flexibility index (Phi) is 7.19. The van der Waals surface area contributed by atoms with E-state index < -0.39 is 0 Å². The molecule has 2 unspecified atom stereocenters. The summed E-state index contributed by atoms with van der Waals surface area (Å²) < 4.78 is 5.40. The lowest BCUT2D eigenvalue weighted by Crippen LogP contribution is -2.44. The predicted octanol–water partition coefficient (Wildman–Crippen LogP) is 2.89. The summed E-state index contributed by atoms with van der Waals surface area (Å²) in [6, 6.07) is 7.26. The maximum Gasteiger partial charge on any atom is 0.319 e. The van der Waals surface area contributed by atoms with Gasteiger partial charge in [-0.25, -0.2) is 4.79 Å². The largest absolute Gasteiger partial charge is 0.380 e. The van der Waals surface area contributed by atoms with Gasteiger partial charge >= 0.3 is 6.03 Å². The summed E-state index contributed by atoms with van der Waals surface area (Å²) >= 11 is 0. The average molecular weight is 293 g/mol. The number of nitrogens with two attached hydrogens (primary N) is 1. The molecule has 0 fully saturated rings. The third-order valence-electron chi connectivity index (χ3n) is 3.29. The van der Waals surface area contributed by atoms with Gasteiger partial charge in [0.05, 0.1) is 12.6 Å². The Morgan fingerprint density at radius 2 is 2.05 bits per heavy atom. The van der Waals surface area contributed by atoms with Gasteiger partial charge in [-0.3, -0.25) is 0 Å². The molecule has 1 rings (SSSR count). The number of hydrogen-bond donors (Lipinski definition) is 3. The van der Waals surface area contributed by atoms with Crippen molar-refractivity contribution < 1.29 is 9.53 Å². The minimum atomic E-state index is -0.227. The van der Waals surface area contributed by atoms with Gasteiger partial charge in [0.2, 0.25) is 0 Å². The van der Waals surface area contributed by atoms with Crippen LogP contribution in [0.3, 0.4) is 0 Å². The third kappa shape index (κ3) is 6.14. The van der Waals surface area contributed by atoms with E-state index in [0.29, 0.717) is 19.1 Å². The summed E-state index contributed by atoms with van der Waals surface area (Å²) in [4.78, 5) is 12.1. The number of hydrogen-bond acceptors (Lipinski definition) is 3. The Labute approximate surface area is 127 Å². The zero-order chi connectivity index (χ0) is 15.8. The van der Waals surface area contributed by atoms with Crippen LogP contribution in [0.4, 0.5) is 10.5 Å². The molecule has 5 heteroatoms. The van der Waals surface area contributed by atoms with Crippen LogP contribution in [0.25, 0.3) is 0 Å². The number of benzene rings is 1. The Morgan fingerprint density at radius 3 is 2.62 bits per heavy atom. The number of carbonyl (C=O) groups is 1. The molecule has 0 saturated carbocycles. The van der Waals surface area contributed by atoms with Crippen molar-refractivity contribution in [2.45, 2.75) is 39.8 Å². The predicted molar refractivity (Wildman–Crippen MR) is 86.3 cm³/mol. The van der Waals surface area contributed by atoms with Gasteiger partial charge in [-0.05, 0) is 37.5 Å². The van der Waals surface area contributed by atoms with Crippen LogP contribution >= 0.6 is 0 Å². The number of nitrogens with one attached hydrogen (secondary N) is 2. The molecule has 0 heterocycles. The molecule has 0 radical (unpaired) electrons. The van der Waals surface area contributed by atoms with Crippen molar-refractivity contribution >= 4 is 11.7 Å². The van der Waals surface area contributed by atoms with E-state index in [2.05, 4.69) is 24.5 Å². The van der Waals surface area contributed by atoms with Gasteiger partial charge < -0.3 is 21.1 Å². The maximum atomic E-state index is 12.1. The highest BCUT2D eigenvalue weighted by molar-refractivity contribution is 5.89. The molecule has 5 nitrogen and oxygen atoms in total. The molecule has 0 aromatic heterocycles. The maximum absolute atomic E-state index is 12.1. The molecular formula is C16H27N3O2. The number of ether oxygens (including phenoxy) is 1. The van der Waals surface area contributed by atoms with Crippen molar-refractivity contribution in [1.82, 2.24) is 5.32 Å². The van der Waals surface area contributed by atoms with Crippen molar-refractivity contribution in [2.24, 2.45) is 11.7 Å². The van der Waals surface area contributed by atoms with E-state index in [1.807, 2.05) is 38.1 Å². The summed E-state index contributed by atoms with van der Waals surface area (Å²) in [5, 5.41) is 5.78. The fourth-order valence-electron chi connectivity index (χ4n) is 1.88. The first kappa shape index (κ1) is 17.5. The van der Waals surface area contributed by atoms with E-state index in [1.165, 1.54) is 0 Å². The fraction of sp³-hybridized carbons (Fsp3) is 0.562. The van der Waals surface area contributed by atoms with Gasteiger partial charge in [0.15, 0.2) is 0 Å². The van der Waals surface area contributed by atoms with Crippen molar-refractivity contribution in [3.05, 3.63) is 29.8 Å². The average Bonchev–Trinajstić information content (AvgIpc) is 2.43. The van der Waals surface area contributed by atoms with Gasteiger partial charge in [0, 0.05) is 18.3 Å². The monoisotopic (exact) mass is 293 g/mol. The van der Waals surface area contributed by atoms with Crippen LogP contribution in [0.5, 0.6) is 0 Å². The van der Waals surface area contributed by atoms with Crippen molar-refractivity contribution in [3.63, 3.8) is 0 Å². The number of urea groups is 1. The highest BCUT2D eigenvalue weighted by Gasteiger charge is 2.16.